The highest BCUT2D eigenvalue weighted by Crippen LogP contribution is 2.19. The van der Waals surface area contributed by atoms with Crippen molar-refractivity contribution in [3.05, 3.63) is 29.8 Å². The van der Waals surface area contributed by atoms with E-state index < -0.39 is 23.3 Å². The number of anilines is 1. The molecule has 1 aromatic carbocycles. The van der Waals surface area contributed by atoms with Crippen LogP contribution in [0, 0.1) is 0 Å². The van der Waals surface area contributed by atoms with Crippen molar-refractivity contribution in [2.24, 2.45) is 0 Å². The number of benzene rings is 1. The molecule has 0 radical (unpaired) electrons. The van der Waals surface area contributed by atoms with Crippen LogP contribution in [0.5, 0.6) is 0 Å². The van der Waals surface area contributed by atoms with E-state index >= 15 is 0 Å². The first-order valence-corrected chi connectivity index (χ1v) is 11.6. The Morgan fingerprint density at radius 2 is 1.58 bits per heavy atom. The second kappa shape index (κ2) is 12.4. The van der Waals surface area contributed by atoms with Crippen molar-refractivity contribution in [2.75, 3.05) is 29.7 Å². The van der Waals surface area contributed by atoms with Gasteiger partial charge < -0.3 is 19.7 Å². The molecule has 0 saturated heterocycles. The molecule has 0 heterocycles. The van der Waals surface area contributed by atoms with E-state index in [0.717, 1.165) is 11.3 Å². The van der Waals surface area contributed by atoms with Crippen molar-refractivity contribution >= 4 is 41.0 Å². The lowest BCUT2D eigenvalue weighted by Gasteiger charge is -2.26. The Balaban J connectivity index is 3.01. The highest BCUT2D eigenvalue weighted by molar-refractivity contribution is 6.18. The van der Waals surface area contributed by atoms with Crippen molar-refractivity contribution in [1.82, 2.24) is 5.32 Å². The van der Waals surface area contributed by atoms with Gasteiger partial charge in [0.05, 0.1) is 6.42 Å². The minimum absolute atomic E-state index is 0.0355. The quantitative estimate of drug-likeness (QED) is 0.375. The molecule has 0 aromatic heterocycles. The van der Waals surface area contributed by atoms with Crippen LogP contribution in [0.25, 0.3) is 0 Å². The van der Waals surface area contributed by atoms with Gasteiger partial charge in [0, 0.05) is 36.6 Å². The van der Waals surface area contributed by atoms with Crippen LogP contribution in [-0.2, 0) is 20.7 Å². The molecule has 0 aliphatic rings. The third-order valence-corrected chi connectivity index (χ3v) is 4.36. The number of halogens is 2. The largest absolute Gasteiger partial charge is 0.460 e. The molecule has 176 valence electrons. The number of esters is 1. The predicted molar refractivity (Wildman–Crippen MR) is 127 cm³/mol. The van der Waals surface area contributed by atoms with Gasteiger partial charge in [0.15, 0.2) is 0 Å². The Bertz CT molecular complexity index is 678. The van der Waals surface area contributed by atoms with E-state index in [2.05, 4.69) is 10.2 Å². The predicted octanol–water partition coefficient (Wildman–Crippen LogP) is 5.14. The molecule has 1 unspecified atom stereocenters. The molecule has 1 N–H and O–H groups in total. The summed E-state index contributed by atoms with van der Waals surface area (Å²) in [5.41, 5.74) is 0.726. The fourth-order valence-electron chi connectivity index (χ4n) is 2.97. The minimum atomic E-state index is -0.635. The van der Waals surface area contributed by atoms with Crippen LogP contribution >= 0.6 is 23.2 Å². The number of alkyl carbamates (subject to hydrolysis) is 1. The molecule has 6 nitrogen and oxygen atoms in total. The van der Waals surface area contributed by atoms with Crippen molar-refractivity contribution in [2.45, 2.75) is 71.6 Å². The molecule has 1 rings (SSSR count). The number of carbonyl (C=O) groups is 2. The zero-order valence-corrected chi connectivity index (χ0v) is 21.0. The number of nitrogens with one attached hydrogen (secondary N) is 1. The van der Waals surface area contributed by atoms with Gasteiger partial charge in [0.1, 0.15) is 11.2 Å². The number of nitrogens with zero attached hydrogens (tertiary/aromatic N) is 1. The monoisotopic (exact) mass is 474 g/mol. The lowest BCUT2D eigenvalue weighted by molar-refractivity contribution is -0.155. The van der Waals surface area contributed by atoms with Gasteiger partial charge in [-0.25, -0.2) is 4.79 Å². The summed E-state index contributed by atoms with van der Waals surface area (Å²) < 4.78 is 10.8. The molecule has 0 aliphatic carbocycles. The standard InChI is InChI=1S/C23H36Cl2N2O4/c1-22(2,3)30-20(28)16-18(26-21(29)31-23(4,5)6)14-17-8-7-9-19(15-17)27(12-10-24)13-11-25/h7-9,15,18H,10-14,16H2,1-6H3,(H,26,29). The van der Waals surface area contributed by atoms with E-state index in [1.54, 1.807) is 20.8 Å². The number of carbonyl (C=O) groups excluding carboxylic acids is 2. The molecular formula is C23H36Cl2N2O4. The average molecular weight is 475 g/mol. The Morgan fingerprint density at radius 1 is 1.00 bits per heavy atom. The summed E-state index contributed by atoms with van der Waals surface area (Å²) >= 11 is 11.9. The maximum atomic E-state index is 12.4. The summed E-state index contributed by atoms with van der Waals surface area (Å²) in [7, 11) is 0. The number of hydrogen-bond acceptors (Lipinski definition) is 5. The summed E-state index contributed by atoms with van der Waals surface area (Å²) in [5, 5.41) is 2.82. The molecule has 1 aromatic rings. The molecule has 0 saturated carbocycles. The van der Waals surface area contributed by atoms with Gasteiger partial charge in [-0.15, -0.1) is 23.2 Å². The van der Waals surface area contributed by atoms with Crippen LogP contribution < -0.4 is 10.2 Å². The first-order valence-electron chi connectivity index (χ1n) is 10.5. The maximum Gasteiger partial charge on any atom is 0.407 e. The summed E-state index contributed by atoms with van der Waals surface area (Å²) in [5.74, 6) is 0.598. The Labute approximate surface area is 196 Å². The first-order chi connectivity index (χ1) is 14.3. The van der Waals surface area contributed by atoms with E-state index in [1.165, 1.54) is 0 Å². The van der Waals surface area contributed by atoms with Crippen molar-refractivity contribution in [3.63, 3.8) is 0 Å². The van der Waals surface area contributed by atoms with E-state index in [4.69, 9.17) is 32.7 Å². The summed E-state index contributed by atoms with van der Waals surface area (Å²) in [4.78, 5) is 26.9. The molecule has 0 fully saturated rings. The van der Waals surface area contributed by atoms with Gasteiger partial charge in [-0.3, -0.25) is 4.79 Å². The zero-order chi connectivity index (χ0) is 23.7. The van der Waals surface area contributed by atoms with Gasteiger partial charge >= 0.3 is 12.1 Å². The van der Waals surface area contributed by atoms with Crippen molar-refractivity contribution < 1.29 is 19.1 Å². The zero-order valence-electron chi connectivity index (χ0n) is 19.5. The molecule has 0 spiro atoms. The lowest BCUT2D eigenvalue weighted by atomic mass is 10.0. The lowest BCUT2D eigenvalue weighted by Crippen LogP contribution is -2.42. The molecule has 31 heavy (non-hydrogen) atoms. The molecular weight excluding hydrogens is 439 g/mol. The maximum absolute atomic E-state index is 12.4. The van der Waals surface area contributed by atoms with Crippen LogP contribution in [0.3, 0.4) is 0 Å². The van der Waals surface area contributed by atoms with Crippen molar-refractivity contribution in [3.8, 4) is 0 Å². The summed E-state index contributed by atoms with van der Waals surface area (Å²) in [6.45, 7) is 12.2. The first kappa shape index (κ1) is 27.4. The van der Waals surface area contributed by atoms with Gasteiger partial charge in [0.2, 0.25) is 0 Å². The molecule has 8 heteroatoms. The van der Waals surface area contributed by atoms with Crippen LogP contribution in [0.15, 0.2) is 24.3 Å². The van der Waals surface area contributed by atoms with Crippen molar-refractivity contribution in [1.29, 1.82) is 0 Å². The van der Waals surface area contributed by atoms with Crippen LogP contribution in [-0.4, -0.2) is 54.2 Å². The molecule has 0 bridgehead atoms. The van der Waals surface area contributed by atoms with Gasteiger partial charge in [-0.05, 0) is 65.7 Å². The normalized spacial score (nSPS) is 12.8. The molecule has 1 atom stereocenters. The minimum Gasteiger partial charge on any atom is -0.460 e. The Hall–Kier alpha value is -1.66. The van der Waals surface area contributed by atoms with E-state index in [1.807, 2.05) is 45.0 Å². The smallest absolute Gasteiger partial charge is 0.407 e. The topological polar surface area (TPSA) is 67.9 Å². The van der Waals surface area contributed by atoms with E-state index in [9.17, 15) is 9.59 Å². The third kappa shape index (κ3) is 12.1. The fourth-order valence-corrected chi connectivity index (χ4v) is 3.38. The molecule has 1 amide bonds. The second-order valence-corrected chi connectivity index (χ2v) is 10.1. The summed E-state index contributed by atoms with van der Waals surface area (Å²) in [6.07, 6.45) is -0.0847. The highest BCUT2D eigenvalue weighted by atomic mass is 35.5. The number of alkyl halides is 2. The van der Waals surface area contributed by atoms with Crippen LogP contribution in [0.2, 0.25) is 0 Å². The van der Waals surface area contributed by atoms with Gasteiger partial charge in [0.25, 0.3) is 0 Å². The number of ether oxygens (including phenoxy) is 2. The van der Waals surface area contributed by atoms with Crippen LogP contribution in [0.1, 0.15) is 53.5 Å². The van der Waals surface area contributed by atoms with E-state index in [-0.39, 0.29) is 12.4 Å². The highest BCUT2D eigenvalue weighted by Gasteiger charge is 2.24. The number of amides is 1. The fraction of sp³-hybridized carbons (Fsp3) is 0.652. The number of rotatable bonds is 10. The molecule has 0 aliphatic heterocycles. The summed E-state index contributed by atoms with van der Waals surface area (Å²) in [6, 6.07) is 7.44. The second-order valence-electron chi connectivity index (χ2n) is 9.37. The van der Waals surface area contributed by atoms with Crippen LogP contribution in [0.4, 0.5) is 10.5 Å². The average Bonchev–Trinajstić information content (AvgIpc) is 2.58. The third-order valence-electron chi connectivity index (χ3n) is 4.02. The Kier molecular flexibility index (Phi) is 10.9. The number of hydrogen-bond donors (Lipinski definition) is 1. The Morgan fingerprint density at radius 3 is 2.10 bits per heavy atom. The SMILES string of the molecule is CC(C)(C)OC(=O)CC(Cc1cccc(N(CCCl)CCCl)c1)NC(=O)OC(C)(C)C. The van der Waals surface area contributed by atoms with Gasteiger partial charge in [-0.2, -0.15) is 0 Å². The van der Waals surface area contributed by atoms with E-state index in [0.29, 0.717) is 31.3 Å². The van der Waals surface area contributed by atoms with Gasteiger partial charge in [-0.1, -0.05) is 12.1 Å².